The second kappa shape index (κ2) is 8.20. The second-order valence-electron chi connectivity index (χ2n) is 5.36. The van der Waals surface area contributed by atoms with Crippen molar-refractivity contribution in [2.75, 3.05) is 27.2 Å². The van der Waals surface area contributed by atoms with E-state index in [0.717, 1.165) is 17.9 Å². The first kappa shape index (κ1) is 16.0. The van der Waals surface area contributed by atoms with Gasteiger partial charge in [0.15, 0.2) is 0 Å². The molecule has 0 heterocycles. The summed E-state index contributed by atoms with van der Waals surface area (Å²) in [6.45, 7) is 1.96. The summed E-state index contributed by atoms with van der Waals surface area (Å²) in [6.07, 6.45) is 0. The van der Waals surface area contributed by atoms with Crippen LogP contribution in [0.5, 0.6) is 5.75 Å². The Morgan fingerprint density at radius 1 is 1.05 bits per heavy atom. The Bertz CT molecular complexity index is 580. The van der Waals surface area contributed by atoms with Crippen LogP contribution in [0.1, 0.15) is 15.9 Å². The highest BCUT2D eigenvalue weighted by Gasteiger charge is 2.05. The molecule has 0 fully saturated rings. The number of hydrogen-bond donors (Lipinski definition) is 1. The SMILES string of the molecule is CN(C)CCNC(=O)c1ccc(COc2ccccc2)cc1. The first-order chi connectivity index (χ1) is 10.6. The van der Waals surface area contributed by atoms with Crippen LogP contribution in [0.4, 0.5) is 0 Å². The van der Waals surface area contributed by atoms with Crippen molar-refractivity contribution in [2.24, 2.45) is 0 Å². The van der Waals surface area contributed by atoms with E-state index >= 15 is 0 Å². The quantitative estimate of drug-likeness (QED) is 0.854. The van der Waals surface area contributed by atoms with Gasteiger partial charge in [0.05, 0.1) is 0 Å². The Labute approximate surface area is 131 Å². The molecule has 2 aromatic rings. The van der Waals surface area contributed by atoms with Gasteiger partial charge in [0.2, 0.25) is 0 Å². The van der Waals surface area contributed by atoms with Crippen molar-refractivity contribution < 1.29 is 9.53 Å². The maximum absolute atomic E-state index is 12.0. The number of nitrogens with one attached hydrogen (secondary N) is 1. The van der Waals surface area contributed by atoms with Gasteiger partial charge in [-0.1, -0.05) is 30.3 Å². The van der Waals surface area contributed by atoms with E-state index in [1.165, 1.54) is 0 Å². The van der Waals surface area contributed by atoms with Crippen molar-refractivity contribution >= 4 is 5.91 Å². The van der Waals surface area contributed by atoms with E-state index in [1.54, 1.807) is 0 Å². The molecule has 0 aliphatic carbocycles. The normalized spacial score (nSPS) is 10.5. The van der Waals surface area contributed by atoms with Crippen molar-refractivity contribution in [1.29, 1.82) is 0 Å². The molecule has 4 heteroatoms. The first-order valence-electron chi connectivity index (χ1n) is 7.35. The molecular formula is C18H22N2O2. The van der Waals surface area contributed by atoms with Gasteiger partial charge in [0, 0.05) is 18.7 Å². The lowest BCUT2D eigenvalue weighted by atomic mass is 10.1. The number of carbonyl (C=O) groups is 1. The predicted molar refractivity (Wildman–Crippen MR) is 88.1 cm³/mol. The zero-order valence-corrected chi connectivity index (χ0v) is 13.1. The number of carbonyl (C=O) groups excluding carboxylic acids is 1. The summed E-state index contributed by atoms with van der Waals surface area (Å²) >= 11 is 0. The molecule has 116 valence electrons. The number of amides is 1. The van der Waals surface area contributed by atoms with E-state index in [0.29, 0.717) is 18.7 Å². The monoisotopic (exact) mass is 298 g/mol. The Hall–Kier alpha value is -2.33. The molecule has 0 aromatic heterocycles. The number of benzene rings is 2. The maximum atomic E-state index is 12.0. The summed E-state index contributed by atoms with van der Waals surface area (Å²) in [5.41, 5.74) is 1.70. The minimum absolute atomic E-state index is 0.0441. The molecule has 0 spiro atoms. The van der Waals surface area contributed by atoms with Crippen LogP contribution in [-0.2, 0) is 6.61 Å². The Kier molecular flexibility index (Phi) is 5.98. The summed E-state index contributed by atoms with van der Waals surface area (Å²) in [5, 5.41) is 2.90. The van der Waals surface area contributed by atoms with Gasteiger partial charge >= 0.3 is 0 Å². The molecule has 0 saturated heterocycles. The number of likely N-dealkylation sites (N-methyl/N-ethyl adjacent to an activating group) is 1. The van der Waals surface area contributed by atoms with Crippen molar-refractivity contribution in [3.63, 3.8) is 0 Å². The van der Waals surface area contributed by atoms with Crippen LogP contribution in [0.3, 0.4) is 0 Å². The van der Waals surface area contributed by atoms with Crippen molar-refractivity contribution in [1.82, 2.24) is 10.2 Å². The highest BCUT2D eigenvalue weighted by Crippen LogP contribution is 2.12. The topological polar surface area (TPSA) is 41.6 Å². The van der Waals surface area contributed by atoms with Crippen LogP contribution < -0.4 is 10.1 Å². The number of nitrogens with zero attached hydrogens (tertiary/aromatic N) is 1. The van der Waals surface area contributed by atoms with E-state index in [2.05, 4.69) is 5.32 Å². The molecule has 0 saturated carbocycles. The zero-order chi connectivity index (χ0) is 15.8. The van der Waals surface area contributed by atoms with Gasteiger partial charge in [-0.25, -0.2) is 0 Å². The minimum Gasteiger partial charge on any atom is -0.489 e. The highest BCUT2D eigenvalue weighted by atomic mass is 16.5. The van der Waals surface area contributed by atoms with E-state index in [9.17, 15) is 4.79 Å². The number of rotatable bonds is 7. The fraction of sp³-hybridized carbons (Fsp3) is 0.278. The number of hydrogen-bond acceptors (Lipinski definition) is 3. The number of para-hydroxylation sites is 1. The zero-order valence-electron chi connectivity index (χ0n) is 13.1. The molecule has 2 rings (SSSR count). The van der Waals surface area contributed by atoms with Crippen LogP contribution in [0.15, 0.2) is 54.6 Å². The largest absolute Gasteiger partial charge is 0.489 e. The molecule has 0 radical (unpaired) electrons. The third-order valence-corrected chi connectivity index (χ3v) is 3.21. The molecule has 1 N–H and O–H groups in total. The van der Waals surface area contributed by atoms with Gasteiger partial charge in [0.25, 0.3) is 5.91 Å². The molecule has 0 unspecified atom stereocenters. The van der Waals surface area contributed by atoms with Crippen LogP contribution in [0.25, 0.3) is 0 Å². The summed E-state index contributed by atoms with van der Waals surface area (Å²) in [6, 6.07) is 17.2. The highest BCUT2D eigenvalue weighted by molar-refractivity contribution is 5.94. The van der Waals surface area contributed by atoms with Gasteiger partial charge in [-0.05, 0) is 43.9 Å². The van der Waals surface area contributed by atoms with E-state index < -0.39 is 0 Å². The average molecular weight is 298 g/mol. The van der Waals surface area contributed by atoms with Crippen LogP contribution >= 0.6 is 0 Å². The van der Waals surface area contributed by atoms with Gasteiger partial charge < -0.3 is 15.0 Å². The number of ether oxygens (including phenoxy) is 1. The van der Waals surface area contributed by atoms with Gasteiger partial charge in [0.1, 0.15) is 12.4 Å². The van der Waals surface area contributed by atoms with E-state index in [4.69, 9.17) is 4.74 Å². The van der Waals surface area contributed by atoms with Crippen LogP contribution in [0, 0.1) is 0 Å². The molecule has 4 nitrogen and oxygen atoms in total. The fourth-order valence-corrected chi connectivity index (χ4v) is 1.93. The van der Waals surface area contributed by atoms with Gasteiger partial charge in [-0.15, -0.1) is 0 Å². The molecule has 22 heavy (non-hydrogen) atoms. The Morgan fingerprint density at radius 2 is 1.73 bits per heavy atom. The van der Waals surface area contributed by atoms with Gasteiger partial charge in [-0.2, -0.15) is 0 Å². The lowest BCUT2D eigenvalue weighted by Gasteiger charge is -2.11. The molecule has 1 amide bonds. The second-order valence-corrected chi connectivity index (χ2v) is 5.36. The summed E-state index contributed by atoms with van der Waals surface area (Å²) in [4.78, 5) is 14.0. The van der Waals surface area contributed by atoms with Crippen LogP contribution in [0.2, 0.25) is 0 Å². The third kappa shape index (κ3) is 5.22. The lowest BCUT2D eigenvalue weighted by molar-refractivity contribution is 0.0951. The van der Waals surface area contributed by atoms with E-state index in [1.807, 2.05) is 73.6 Å². The smallest absolute Gasteiger partial charge is 0.251 e. The van der Waals surface area contributed by atoms with Crippen molar-refractivity contribution in [3.05, 3.63) is 65.7 Å². The molecule has 0 bridgehead atoms. The summed E-state index contributed by atoms with van der Waals surface area (Å²) in [7, 11) is 3.96. The lowest BCUT2D eigenvalue weighted by Crippen LogP contribution is -2.31. The summed E-state index contributed by atoms with van der Waals surface area (Å²) < 4.78 is 5.68. The Balaban J connectivity index is 1.83. The molecule has 0 aliphatic rings. The van der Waals surface area contributed by atoms with Gasteiger partial charge in [-0.3, -0.25) is 4.79 Å². The standard InChI is InChI=1S/C18H22N2O2/c1-20(2)13-12-19-18(21)16-10-8-15(9-11-16)14-22-17-6-4-3-5-7-17/h3-11H,12-14H2,1-2H3,(H,19,21). The predicted octanol–water partition coefficient (Wildman–Crippen LogP) is 2.56. The molecule has 0 aliphatic heterocycles. The molecular weight excluding hydrogens is 276 g/mol. The van der Waals surface area contributed by atoms with Crippen molar-refractivity contribution in [3.8, 4) is 5.75 Å². The third-order valence-electron chi connectivity index (χ3n) is 3.21. The van der Waals surface area contributed by atoms with Crippen molar-refractivity contribution in [2.45, 2.75) is 6.61 Å². The summed E-state index contributed by atoms with van der Waals surface area (Å²) in [5.74, 6) is 0.797. The maximum Gasteiger partial charge on any atom is 0.251 e. The molecule has 0 atom stereocenters. The molecule has 2 aromatic carbocycles. The average Bonchev–Trinajstić information content (AvgIpc) is 2.54. The minimum atomic E-state index is -0.0441. The first-order valence-corrected chi connectivity index (χ1v) is 7.35. The van der Waals surface area contributed by atoms with E-state index in [-0.39, 0.29) is 5.91 Å². The van der Waals surface area contributed by atoms with Crippen LogP contribution in [-0.4, -0.2) is 38.0 Å². The fourth-order valence-electron chi connectivity index (χ4n) is 1.93. The Morgan fingerprint density at radius 3 is 2.36 bits per heavy atom.